The molecule has 0 saturated heterocycles. The minimum Gasteiger partial charge on any atom is -0.355 e. The minimum absolute atomic E-state index is 0.110. The van der Waals surface area contributed by atoms with Crippen LogP contribution < -0.4 is 9.62 Å². The second-order valence-electron chi connectivity index (χ2n) is 5.79. The van der Waals surface area contributed by atoms with Crippen molar-refractivity contribution >= 4 is 33.2 Å². The summed E-state index contributed by atoms with van der Waals surface area (Å²) in [5, 5.41) is 3.35. The number of anilines is 1. The molecule has 2 aromatic carbocycles. The maximum absolute atomic E-state index is 13.4. The molecule has 5 nitrogen and oxygen atoms in total. The normalized spacial score (nSPS) is 11.2. The number of sulfonamides is 1. The van der Waals surface area contributed by atoms with Crippen LogP contribution in [0, 0.1) is 5.82 Å². The van der Waals surface area contributed by atoms with Gasteiger partial charge in [-0.2, -0.15) is 0 Å². The Labute approximate surface area is 157 Å². The van der Waals surface area contributed by atoms with E-state index < -0.39 is 28.3 Å². The van der Waals surface area contributed by atoms with Gasteiger partial charge in [0.2, 0.25) is 15.9 Å². The Kier molecular flexibility index (Phi) is 6.99. The van der Waals surface area contributed by atoms with Crippen molar-refractivity contribution in [2.75, 3.05) is 23.7 Å². The van der Waals surface area contributed by atoms with E-state index in [0.29, 0.717) is 24.4 Å². The topological polar surface area (TPSA) is 66.5 Å². The van der Waals surface area contributed by atoms with Gasteiger partial charge in [-0.25, -0.2) is 12.8 Å². The Morgan fingerprint density at radius 3 is 2.58 bits per heavy atom. The lowest BCUT2D eigenvalue weighted by Crippen LogP contribution is -2.40. The minimum atomic E-state index is -3.72. The largest absolute Gasteiger partial charge is 0.355 e. The average molecular weight is 399 g/mol. The van der Waals surface area contributed by atoms with Crippen LogP contribution in [0.15, 0.2) is 48.5 Å². The highest BCUT2D eigenvalue weighted by Gasteiger charge is 2.21. The van der Waals surface area contributed by atoms with Crippen molar-refractivity contribution in [3.8, 4) is 0 Å². The van der Waals surface area contributed by atoms with Gasteiger partial charge in [0.1, 0.15) is 12.4 Å². The summed E-state index contributed by atoms with van der Waals surface area (Å²) >= 11 is 6.07. The molecule has 0 saturated carbocycles. The lowest BCUT2D eigenvalue weighted by Gasteiger charge is -2.21. The first-order chi connectivity index (χ1) is 12.3. The number of halogens is 2. The third-order valence-electron chi connectivity index (χ3n) is 3.69. The highest BCUT2D eigenvalue weighted by atomic mass is 35.5. The number of aryl methyl sites for hydroxylation is 1. The molecule has 0 heterocycles. The molecule has 8 heteroatoms. The highest BCUT2D eigenvalue weighted by Crippen LogP contribution is 2.18. The number of benzene rings is 2. The molecule has 0 aliphatic carbocycles. The van der Waals surface area contributed by atoms with Crippen molar-refractivity contribution in [1.29, 1.82) is 0 Å². The SMILES string of the molecule is CS(=O)(=O)N(CC(=O)NCCCc1ccccc1Cl)c1cccc(F)c1. The Bertz CT molecular complexity index is 874. The summed E-state index contributed by atoms with van der Waals surface area (Å²) in [5.74, 6) is -1.03. The molecule has 0 aliphatic rings. The molecule has 0 fully saturated rings. The molecule has 0 atom stereocenters. The molecule has 1 N–H and O–H groups in total. The Morgan fingerprint density at radius 2 is 1.92 bits per heavy atom. The Morgan fingerprint density at radius 1 is 1.19 bits per heavy atom. The van der Waals surface area contributed by atoms with E-state index >= 15 is 0 Å². The van der Waals surface area contributed by atoms with Gasteiger partial charge >= 0.3 is 0 Å². The van der Waals surface area contributed by atoms with Gasteiger partial charge in [0.15, 0.2) is 0 Å². The summed E-state index contributed by atoms with van der Waals surface area (Å²) in [6, 6.07) is 12.6. The van der Waals surface area contributed by atoms with Gasteiger partial charge in [-0.3, -0.25) is 9.10 Å². The van der Waals surface area contributed by atoms with E-state index in [0.717, 1.165) is 22.2 Å². The van der Waals surface area contributed by atoms with Crippen molar-refractivity contribution in [2.24, 2.45) is 0 Å². The number of amides is 1. The number of carbonyl (C=O) groups is 1. The summed E-state index contributed by atoms with van der Waals surface area (Å²) in [6.45, 7) is -0.0286. The first kappa shape index (κ1) is 20.2. The molecule has 0 unspecified atom stereocenters. The van der Waals surface area contributed by atoms with Crippen LogP contribution in [0.3, 0.4) is 0 Å². The third kappa shape index (κ3) is 6.00. The van der Waals surface area contributed by atoms with Crippen molar-refractivity contribution in [3.05, 3.63) is 64.9 Å². The van der Waals surface area contributed by atoms with Crippen molar-refractivity contribution in [3.63, 3.8) is 0 Å². The van der Waals surface area contributed by atoms with E-state index in [1.807, 2.05) is 18.2 Å². The van der Waals surface area contributed by atoms with Crippen LogP contribution in [0.25, 0.3) is 0 Å². The van der Waals surface area contributed by atoms with E-state index in [1.165, 1.54) is 18.2 Å². The number of hydrogen-bond acceptors (Lipinski definition) is 3. The third-order valence-corrected chi connectivity index (χ3v) is 5.20. The lowest BCUT2D eigenvalue weighted by atomic mass is 10.1. The van der Waals surface area contributed by atoms with E-state index in [9.17, 15) is 17.6 Å². The highest BCUT2D eigenvalue weighted by molar-refractivity contribution is 7.92. The molecule has 0 spiro atoms. The zero-order valence-electron chi connectivity index (χ0n) is 14.3. The zero-order chi connectivity index (χ0) is 19.2. The van der Waals surface area contributed by atoms with Crippen LogP contribution in [-0.2, 0) is 21.2 Å². The molecule has 26 heavy (non-hydrogen) atoms. The van der Waals surface area contributed by atoms with Crippen LogP contribution in [0.1, 0.15) is 12.0 Å². The predicted molar refractivity (Wildman–Crippen MR) is 101 cm³/mol. The second kappa shape index (κ2) is 9.00. The van der Waals surface area contributed by atoms with E-state index in [1.54, 1.807) is 6.07 Å². The van der Waals surface area contributed by atoms with E-state index in [-0.39, 0.29) is 5.69 Å². The van der Waals surface area contributed by atoms with Crippen molar-refractivity contribution < 1.29 is 17.6 Å². The summed E-state index contributed by atoms with van der Waals surface area (Å²) < 4.78 is 38.1. The molecular formula is C18H20ClFN2O3S. The molecule has 0 aliphatic heterocycles. The van der Waals surface area contributed by atoms with Gasteiger partial charge in [0.05, 0.1) is 11.9 Å². The maximum atomic E-state index is 13.4. The predicted octanol–water partition coefficient (Wildman–Crippen LogP) is 2.99. The number of nitrogens with zero attached hydrogens (tertiary/aromatic N) is 1. The molecule has 1 amide bonds. The lowest BCUT2D eigenvalue weighted by molar-refractivity contribution is -0.119. The van der Waals surface area contributed by atoms with E-state index in [2.05, 4.69) is 5.32 Å². The van der Waals surface area contributed by atoms with Gasteiger partial charge in [-0.15, -0.1) is 0 Å². The molecule has 2 aromatic rings. The number of hydrogen-bond donors (Lipinski definition) is 1. The summed E-state index contributed by atoms with van der Waals surface area (Å²) in [5.41, 5.74) is 1.10. The summed E-state index contributed by atoms with van der Waals surface area (Å²) in [7, 11) is -3.72. The fourth-order valence-corrected chi connectivity index (χ4v) is 3.50. The smallest absolute Gasteiger partial charge is 0.240 e. The Hall–Kier alpha value is -2.12. The maximum Gasteiger partial charge on any atom is 0.240 e. The van der Waals surface area contributed by atoms with Crippen LogP contribution in [0.5, 0.6) is 0 Å². The van der Waals surface area contributed by atoms with Crippen LogP contribution in [0.2, 0.25) is 5.02 Å². The van der Waals surface area contributed by atoms with Gasteiger partial charge in [0, 0.05) is 11.6 Å². The van der Waals surface area contributed by atoms with E-state index in [4.69, 9.17) is 11.6 Å². The number of carbonyl (C=O) groups excluding carboxylic acids is 1. The zero-order valence-corrected chi connectivity index (χ0v) is 15.9. The van der Waals surface area contributed by atoms with Crippen molar-refractivity contribution in [1.82, 2.24) is 5.32 Å². The number of nitrogens with one attached hydrogen (secondary N) is 1. The van der Waals surface area contributed by atoms with Gasteiger partial charge in [-0.05, 0) is 42.7 Å². The first-order valence-corrected chi connectivity index (χ1v) is 10.2. The molecular weight excluding hydrogens is 379 g/mol. The van der Waals surface area contributed by atoms with Crippen LogP contribution in [-0.4, -0.2) is 33.7 Å². The average Bonchev–Trinajstić information content (AvgIpc) is 2.57. The van der Waals surface area contributed by atoms with Gasteiger partial charge in [0.25, 0.3) is 0 Å². The summed E-state index contributed by atoms with van der Waals surface area (Å²) in [6.07, 6.45) is 2.33. The molecule has 0 radical (unpaired) electrons. The second-order valence-corrected chi connectivity index (χ2v) is 8.11. The van der Waals surface area contributed by atoms with Crippen LogP contribution >= 0.6 is 11.6 Å². The fourth-order valence-electron chi connectivity index (χ4n) is 2.43. The molecule has 2 rings (SSSR count). The molecule has 0 aromatic heterocycles. The van der Waals surface area contributed by atoms with Gasteiger partial charge < -0.3 is 5.32 Å². The van der Waals surface area contributed by atoms with Crippen molar-refractivity contribution in [2.45, 2.75) is 12.8 Å². The first-order valence-electron chi connectivity index (χ1n) is 8.01. The monoisotopic (exact) mass is 398 g/mol. The quantitative estimate of drug-likeness (QED) is 0.695. The fraction of sp³-hybridized carbons (Fsp3) is 0.278. The summed E-state index contributed by atoms with van der Waals surface area (Å²) in [4.78, 5) is 12.1. The van der Waals surface area contributed by atoms with Crippen LogP contribution in [0.4, 0.5) is 10.1 Å². The molecule has 0 bridgehead atoms. The van der Waals surface area contributed by atoms with Gasteiger partial charge in [-0.1, -0.05) is 35.9 Å². The number of rotatable bonds is 8. The standard InChI is InChI=1S/C18H20ClFN2O3S/c1-26(24,25)22(16-9-4-8-15(20)12-16)13-18(23)21-11-5-7-14-6-2-3-10-17(14)19/h2-4,6,8-10,12H,5,7,11,13H2,1H3,(H,21,23). The Balaban J connectivity index is 1.91. The molecule has 140 valence electrons.